The third-order valence-corrected chi connectivity index (χ3v) is 7.55. The molecule has 0 spiro atoms. The van der Waals surface area contributed by atoms with Gasteiger partial charge in [-0.15, -0.1) is 11.8 Å². The maximum atomic E-state index is 12.2. The summed E-state index contributed by atoms with van der Waals surface area (Å²) < 4.78 is 22.2. The zero-order valence-electron chi connectivity index (χ0n) is 22.7. The van der Waals surface area contributed by atoms with E-state index in [1.807, 2.05) is 11.8 Å². The van der Waals surface area contributed by atoms with Crippen molar-refractivity contribution in [2.24, 2.45) is 0 Å². The molecule has 1 saturated heterocycles. The van der Waals surface area contributed by atoms with Crippen LogP contribution in [0.4, 0.5) is 0 Å². The van der Waals surface area contributed by atoms with E-state index >= 15 is 0 Å². The molecule has 1 fully saturated rings. The second kappa shape index (κ2) is 15.2. The zero-order valence-corrected chi connectivity index (χ0v) is 23.6. The number of ether oxygens (including phenoxy) is 4. The van der Waals surface area contributed by atoms with Gasteiger partial charge >= 0.3 is 5.97 Å². The molecule has 2 aromatic rings. The fraction of sp³-hybridized carbons (Fsp3) is 0.452. The molecule has 0 radical (unpaired) electrons. The standard InChI is InChI=1S/C31H40O6S/c1-6-8-15-38-27-12-9-24(10-13-27)28-14-11-25(16-23(28)7-2)26(19-35-30(33)21(3)17-32)20-36-31-29(37-31)22(4)18-34-5/h9-14,16,26,29,31-32H,3-4,6-8,15,17-20H2,1-2,5H3. The molecule has 7 heteroatoms. The Morgan fingerprint density at radius 1 is 1.13 bits per heavy atom. The second-order valence-electron chi connectivity index (χ2n) is 9.40. The lowest BCUT2D eigenvalue weighted by molar-refractivity contribution is -0.140. The van der Waals surface area contributed by atoms with Crippen molar-refractivity contribution in [3.63, 3.8) is 0 Å². The number of unbranched alkanes of at least 4 members (excludes halogenated alkanes) is 1. The van der Waals surface area contributed by atoms with Gasteiger partial charge in [-0.2, -0.15) is 0 Å². The van der Waals surface area contributed by atoms with Crippen LogP contribution in [0.25, 0.3) is 11.1 Å². The average molecular weight is 541 g/mol. The van der Waals surface area contributed by atoms with Gasteiger partial charge in [0.25, 0.3) is 0 Å². The molecule has 3 unspecified atom stereocenters. The summed E-state index contributed by atoms with van der Waals surface area (Å²) in [4.78, 5) is 13.5. The van der Waals surface area contributed by atoms with Crippen LogP contribution in [0.1, 0.15) is 43.7 Å². The fourth-order valence-electron chi connectivity index (χ4n) is 4.08. The minimum Gasteiger partial charge on any atom is -0.462 e. The maximum Gasteiger partial charge on any atom is 0.335 e. The van der Waals surface area contributed by atoms with Gasteiger partial charge in [-0.1, -0.05) is 63.8 Å². The zero-order chi connectivity index (χ0) is 27.5. The van der Waals surface area contributed by atoms with Crippen LogP contribution in [0.5, 0.6) is 0 Å². The van der Waals surface area contributed by atoms with Crippen molar-refractivity contribution in [2.75, 3.05) is 39.3 Å². The Bertz CT molecular complexity index is 1080. The Labute approximate surface area is 231 Å². The largest absolute Gasteiger partial charge is 0.462 e. The highest BCUT2D eigenvalue weighted by molar-refractivity contribution is 7.99. The van der Waals surface area contributed by atoms with Gasteiger partial charge in [0.05, 0.1) is 25.4 Å². The minimum atomic E-state index is -0.615. The molecule has 3 atom stereocenters. The van der Waals surface area contributed by atoms with Crippen LogP contribution in [0.3, 0.4) is 0 Å². The molecule has 0 aromatic heterocycles. The lowest BCUT2D eigenvalue weighted by atomic mass is 9.91. The van der Waals surface area contributed by atoms with Gasteiger partial charge in [-0.3, -0.25) is 0 Å². The number of aliphatic hydroxyl groups excluding tert-OH is 1. The molecule has 206 valence electrons. The maximum absolute atomic E-state index is 12.2. The van der Waals surface area contributed by atoms with Crippen LogP contribution >= 0.6 is 11.8 Å². The topological polar surface area (TPSA) is 77.5 Å². The number of esters is 1. The van der Waals surface area contributed by atoms with Crippen LogP contribution in [0, 0.1) is 0 Å². The molecule has 1 aliphatic heterocycles. The van der Waals surface area contributed by atoms with Crippen LogP contribution in [-0.2, 0) is 30.2 Å². The van der Waals surface area contributed by atoms with E-state index in [4.69, 9.17) is 18.9 Å². The van der Waals surface area contributed by atoms with Crippen LogP contribution in [-0.4, -0.2) is 62.8 Å². The van der Waals surface area contributed by atoms with Crippen LogP contribution in [0.2, 0.25) is 0 Å². The molecule has 0 amide bonds. The monoisotopic (exact) mass is 540 g/mol. The van der Waals surface area contributed by atoms with Gasteiger partial charge in [0.1, 0.15) is 12.7 Å². The van der Waals surface area contributed by atoms with E-state index < -0.39 is 12.6 Å². The molecule has 0 saturated carbocycles. The van der Waals surface area contributed by atoms with Crippen LogP contribution < -0.4 is 0 Å². The predicted molar refractivity (Wildman–Crippen MR) is 152 cm³/mol. The summed E-state index contributed by atoms with van der Waals surface area (Å²) in [6, 6.07) is 15.1. The van der Waals surface area contributed by atoms with Crippen molar-refractivity contribution in [3.05, 3.63) is 77.9 Å². The first kappa shape index (κ1) is 30.1. The van der Waals surface area contributed by atoms with Gasteiger partial charge < -0.3 is 24.1 Å². The smallest absolute Gasteiger partial charge is 0.335 e. The summed E-state index contributed by atoms with van der Waals surface area (Å²) in [6.45, 7) is 12.3. The Kier molecular flexibility index (Phi) is 12.1. The highest BCUT2D eigenvalue weighted by Crippen LogP contribution is 2.33. The van der Waals surface area contributed by atoms with Crippen molar-refractivity contribution in [1.82, 2.24) is 0 Å². The van der Waals surface area contributed by atoms with E-state index in [0.29, 0.717) is 13.2 Å². The van der Waals surface area contributed by atoms with Crippen molar-refractivity contribution < 1.29 is 28.8 Å². The quantitative estimate of drug-likeness (QED) is 0.0666. The number of aryl methyl sites for hydroxylation is 1. The molecular weight excluding hydrogens is 500 g/mol. The molecule has 0 aliphatic carbocycles. The lowest BCUT2D eigenvalue weighted by Gasteiger charge is -2.20. The van der Waals surface area contributed by atoms with Gasteiger partial charge in [-0.05, 0) is 58.6 Å². The molecule has 1 aliphatic rings. The third-order valence-electron chi connectivity index (χ3n) is 6.45. The fourth-order valence-corrected chi connectivity index (χ4v) is 5.08. The van der Waals surface area contributed by atoms with E-state index in [0.717, 1.165) is 23.3 Å². The van der Waals surface area contributed by atoms with E-state index in [1.54, 1.807) is 7.11 Å². The van der Waals surface area contributed by atoms with Crippen molar-refractivity contribution in [2.45, 2.75) is 56.3 Å². The number of methoxy groups -OCH3 is 1. The van der Waals surface area contributed by atoms with Crippen molar-refractivity contribution in [3.8, 4) is 11.1 Å². The molecule has 3 rings (SSSR count). The number of carbonyl (C=O) groups excluding carboxylic acids is 1. The number of hydrogen-bond donors (Lipinski definition) is 1. The van der Waals surface area contributed by atoms with Gasteiger partial charge in [-0.25, -0.2) is 4.79 Å². The summed E-state index contributed by atoms with van der Waals surface area (Å²) >= 11 is 1.89. The lowest BCUT2D eigenvalue weighted by Crippen LogP contribution is -2.20. The Balaban J connectivity index is 1.74. The average Bonchev–Trinajstić information content (AvgIpc) is 3.72. The van der Waals surface area contributed by atoms with Gasteiger partial charge in [0.2, 0.25) is 0 Å². The molecule has 0 bridgehead atoms. The van der Waals surface area contributed by atoms with Gasteiger partial charge in [0, 0.05) is 17.9 Å². The minimum absolute atomic E-state index is 0.0204. The number of thioether (sulfide) groups is 1. The molecule has 38 heavy (non-hydrogen) atoms. The Hall–Kier alpha value is -2.42. The molecule has 1 N–H and O–H groups in total. The third kappa shape index (κ3) is 8.55. The van der Waals surface area contributed by atoms with E-state index in [1.165, 1.54) is 34.4 Å². The molecule has 1 heterocycles. The summed E-state index contributed by atoms with van der Waals surface area (Å²) in [5.74, 6) is 0.302. The highest BCUT2D eigenvalue weighted by Gasteiger charge is 2.42. The summed E-state index contributed by atoms with van der Waals surface area (Å²) in [5, 5.41) is 9.21. The summed E-state index contributed by atoms with van der Waals surface area (Å²) in [5.41, 5.74) is 5.43. The van der Waals surface area contributed by atoms with Crippen LogP contribution in [0.15, 0.2) is 71.7 Å². The number of benzene rings is 2. The summed E-state index contributed by atoms with van der Waals surface area (Å²) in [7, 11) is 1.62. The first-order chi connectivity index (χ1) is 18.4. The SMILES string of the molecule is C=C(CO)C(=O)OCC(COC1OC1C(=C)COC)c1ccc(-c2ccc(SCCCC)cc2)c(CC)c1. The Morgan fingerprint density at radius 2 is 1.89 bits per heavy atom. The number of rotatable bonds is 17. The number of epoxide rings is 1. The number of aliphatic hydroxyl groups is 1. The number of carbonyl (C=O) groups is 1. The Morgan fingerprint density at radius 3 is 2.55 bits per heavy atom. The highest BCUT2D eigenvalue weighted by atomic mass is 32.2. The van der Waals surface area contributed by atoms with E-state index in [-0.39, 0.29) is 30.5 Å². The molecular formula is C31H40O6S. The van der Waals surface area contributed by atoms with E-state index in [9.17, 15) is 9.90 Å². The van der Waals surface area contributed by atoms with Crippen molar-refractivity contribution in [1.29, 1.82) is 0 Å². The van der Waals surface area contributed by atoms with E-state index in [2.05, 4.69) is 69.5 Å². The normalized spacial score (nSPS) is 17.2. The summed E-state index contributed by atoms with van der Waals surface area (Å²) in [6.07, 6.45) is 2.70. The molecule has 6 nitrogen and oxygen atoms in total. The second-order valence-corrected chi connectivity index (χ2v) is 10.6. The number of hydrogen-bond acceptors (Lipinski definition) is 7. The first-order valence-corrected chi connectivity index (χ1v) is 14.2. The first-order valence-electron chi connectivity index (χ1n) is 13.2. The predicted octanol–water partition coefficient (Wildman–Crippen LogP) is 5.93. The molecule has 2 aromatic carbocycles. The van der Waals surface area contributed by atoms with Crippen molar-refractivity contribution >= 4 is 17.7 Å². The van der Waals surface area contributed by atoms with Gasteiger partial charge in [0.15, 0.2) is 6.29 Å².